The topological polar surface area (TPSA) is 12.0 Å². The Hall–Kier alpha value is -1.93. The van der Waals surface area contributed by atoms with Crippen LogP contribution in [-0.4, -0.2) is 4.99 Å². The van der Waals surface area contributed by atoms with Crippen LogP contribution in [0.25, 0.3) is 0 Å². The van der Waals surface area contributed by atoms with Gasteiger partial charge in [-0.1, -0.05) is 62.5 Å². The maximum absolute atomic E-state index is 5.72. The molecule has 1 N–H and O–H groups in total. The van der Waals surface area contributed by atoms with E-state index in [2.05, 4.69) is 95.4 Å². The molecule has 0 unspecified atom stereocenters. The van der Waals surface area contributed by atoms with E-state index in [0.717, 1.165) is 16.2 Å². The van der Waals surface area contributed by atoms with E-state index in [1.54, 1.807) is 0 Å². The molecule has 2 heteroatoms. The van der Waals surface area contributed by atoms with E-state index < -0.39 is 0 Å². The van der Waals surface area contributed by atoms with Gasteiger partial charge in [-0.3, -0.25) is 0 Å². The van der Waals surface area contributed by atoms with Gasteiger partial charge in [0, 0.05) is 16.7 Å². The maximum atomic E-state index is 5.72. The zero-order chi connectivity index (χ0) is 17.9. The molecule has 0 atom stereocenters. The van der Waals surface area contributed by atoms with Crippen LogP contribution in [0.2, 0.25) is 0 Å². The molecule has 1 aliphatic rings. The molecular formula is C22H27NS. The van der Waals surface area contributed by atoms with Crippen molar-refractivity contribution in [3.63, 3.8) is 0 Å². The zero-order valence-corrected chi connectivity index (χ0v) is 16.3. The molecule has 0 aromatic heterocycles. The minimum Gasteiger partial charge on any atom is -0.346 e. The van der Waals surface area contributed by atoms with Gasteiger partial charge in [-0.05, 0) is 62.1 Å². The van der Waals surface area contributed by atoms with Crippen LogP contribution in [-0.2, 0) is 0 Å². The van der Waals surface area contributed by atoms with E-state index in [1.807, 2.05) is 0 Å². The second kappa shape index (κ2) is 7.31. The molecule has 1 aromatic rings. The average molecular weight is 338 g/mol. The van der Waals surface area contributed by atoms with Crippen LogP contribution >= 0.6 is 12.2 Å². The largest absolute Gasteiger partial charge is 0.346 e. The molecule has 0 radical (unpaired) electrons. The lowest BCUT2D eigenvalue weighted by molar-refractivity contribution is 0.624. The first kappa shape index (κ1) is 18.4. The SMILES string of the molecule is C/C=C1\C=C/C(C)(C)/C=C/C(C(=S)Nc2ccc(C)c(C)c2)=C\1C. The molecule has 0 amide bonds. The number of allylic oxidation sites excluding steroid dienone is 6. The Bertz CT molecular complexity index is 773. The quantitative estimate of drug-likeness (QED) is 0.622. The van der Waals surface area contributed by atoms with Crippen molar-refractivity contribution in [3.8, 4) is 0 Å². The van der Waals surface area contributed by atoms with Crippen LogP contribution in [0.1, 0.15) is 38.8 Å². The monoisotopic (exact) mass is 337 g/mol. The number of hydrogen-bond acceptors (Lipinski definition) is 1. The summed E-state index contributed by atoms with van der Waals surface area (Å²) in [4.78, 5) is 0.762. The summed E-state index contributed by atoms with van der Waals surface area (Å²) in [7, 11) is 0. The lowest BCUT2D eigenvalue weighted by atomic mass is 9.86. The first-order valence-electron chi connectivity index (χ1n) is 8.38. The summed E-state index contributed by atoms with van der Waals surface area (Å²) in [6.07, 6.45) is 10.9. The fourth-order valence-electron chi connectivity index (χ4n) is 2.64. The Balaban J connectivity index is 2.39. The third-order valence-corrected chi connectivity index (χ3v) is 4.85. The van der Waals surface area contributed by atoms with Gasteiger partial charge < -0.3 is 5.32 Å². The average Bonchev–Trinajstić information content (AvgIpc) is 2.50. The van der Waals surface area contributed by atoms with Crippen molar-refractivity contribution in [3.05, 3.63) is 76.4 Å². The highest BCUT2D eigenvalue weighted by molar-refractivity contribution is 7.81. The van der Waals surface area contributed by atoms with Crippen LogP contribution in [0.3, 0.4) is 0 Å². The highest BCUT2D eigenvalue weighted by Crippen LogP contribution is 2.28. The number of hydrogen-bond donors (Lipinski definition) is 1. The molecule has 0 fully saturated rings. The number of anilines is 1. The molecule has 2 rings (SSSR count). The third kappa shape index (κ3) is 4.33. The molecule has 1 aliphatic carbocycles. The van der Waals surface area contributed by atoms with Crippen molar-refractivity contribution >= 4 is 22.9 Å². The van der Waals surface area contributed by atoms with Gasteiger partial charge in [0.15, 0.2) is 0 Å². The summed E-state index contributed by atoms with van der Waals surface area (Å²) < 4.78 is 0. The van der Waals surface area contributed by atoms with E-state index >= 15 is 0 Å². The zero-order valence-electron chi connectivity index (χ0n) is 15.5. The normalized spacial score (nSPS) is 24.2. The molecule has 1 aromatic carbocycles. The van der Waals surface area contributed by atoms with Gasteiger partial charge in [0.2, 0.25) is 0 Å². The van der Waals surface area contributed by atoms with Crippen LogP contribution in [0.5, 0.6) is 0 Å². The Morgan fingerprint density at radius 1 is 1.04 bits per heavy atom. The van der Waals surface area contributed by atoms with E-state index in [1.165, 1.54) is 22.3 Å². The Labute approximate surface area is 151 Å². The second-order valence-electron chi connectivity index (χ2n) is 7.02. The third-order valence-electron chi connectivity index (χ3n) is 4.53. The summed E-state index contributed by atoms with van der Waals surface area (Å²) in [5, 5.41) is 3.40. The molecule has 0 spiro atoms. The highest BCUT2D eigenvalue weighted by atomic mass is 32.1. The van der Waals surface area contributed by atoms with Gasteiger partial charge in [-0.25, -0.2) is 0 Å². The van der Waals surface area contributed by atoms with Crippen molar-refractivity contribution in [1.82, 2.24) is 0 Å². The molecule has 24 heavy (non-hydrogen) atoms. The fourth-order valence-corrected chi connectivity index (χ4v) is 2.98. The van der Waals surface area contributed by atoms with Crippen LogP contribution in [0.4, 0.5) is 5.69 Å². The van der Waals surface area contributed by atoms with E-state index in [4.69, 9.17) is 12.2 Å². The van der Waals surface area contributed by atoms with Crippen molar-refractivity contribution in [2.45, 2.75) is 41.5 Å². The van der Waals surface area contributed by atoms with Gasteiger partial charge in [-0.2, -0.15) is 0 Å². The molecule has 126 valence electrons. The van der Waals surface area contributed by atoms with Gasteiger partial charge in [-0.15, -0.1) is 0 Å². The summed E-state index contributed by atoms with van der Waals surface area (Å²) >= 11 is 5.72. The number of rotatable bonds is 2. The van der Waals surface area contributed by atoms with Gasteiger partial charge in [0.05, 0.1) is 0 Å². The van der Waals surface area contributed by atoms with Crippen molar-refractivity contribution in [2.24, 2.45) is 5.41 Å². The summed E-state index contributed by atoms with van der Waals surface area (Å²) in [5.41, 5.74) is 7.09. The first-order chi connectivity index (χ1) is 11.2. The van der Waals surface area contributed by atoms with E-state index in [-0.39, 0.29) is 5.41 Å². The molecule has 0 heterocycles. The van der Waals surface area contributed by atoms with Crippen LogP contribution in [0.15, 0.2) is 65.3 Å². The lowest BCUT2D eigenvalue weighted by Gasteiger charge is -2.21. The first-order valence-corrected chi connectivity index (χ1v) is 8.79. The van der Waals surface area contributed by atoms with Crippen LogP contribution in [0, 0.1) is 19.3 Å². The molecule has 0 bridgehead atoms. The minimum absolute atomic E-state index is 0.0102. The smallest absolute Gasteiger partial charge is 0.111 e. The standard InChI is InChI=1S/C22H27NS/c1-7-18-10-12-22(5,6)13-11-20(17(18)4)21(24)23-19-9-8-15(2)16(3)14-19/h7-14H,1-6H3,(H,23,24)/b12-10-,13-11+,18-7+,20-17+. The fraction of sp³-hybridized carbons (Fsp3) is 0.318. The minimum atomic E-state index is 0.0102. The Morgan fingerprint density at radius 3 is 2.33 bits per heavy atom. The van der Waals surface area contributed by atoms with Crippen molar-refractivity contribution in [1.29, 1.82) is 0 Å². The number of benzene rings is 1. The highest BCUT2D eigenvalue weighted by Gasteiger charge is 2.16. The number of nitrogens with one attached hydrogen (secondary N) is 1. The predicted octanol–water partition coefficient (Wildman–Crippen LogP) is 6.46. The van der Waals surface area contributed by atoms with E-state index in [9.17, 15) is 0 Å². The Morgan fingerprint density at radius 2 is 1.71 bits per heavy atom. The number of thiocarbonyl (C=S) groups is 1. The van der Waals surface area contributed by atoms with Gasteiger partial charge in [0.25, 0.3) is 0 Å². The molecule has 0 saturated carbocycles. The second-order valence-corrected chi connectivity index (χ2v) is 7.43. The molecule has 0 saturated heterocycles. The van der Waals surface area contributed by atoms with Gasteiger partial charge >= 0.3 is 0 Å². The van der Waals surface area contributed by atoms with Crippen LogP contribution < -0.4 is 5.32 Å². The lowest BCUT2D eigenvalue weighted by Crippen LogP contribution is -2.15. The maximum Gasteiger partial charge on any atom is 0.111 e. The number of aryl methyl sites for hydroxylation is 2. The summed E-state index contributed by atoms with van der Waals surface area (Å²) in [6, 6.07) is 6.35. The van der Waals surface area contributed by atoms with Crippen molar-refractivity contribution in [2.75, 3.05) is 5.32 Å². The molecule has 1 nitrogen and oxygen atoms in total. The summed E-state index contributed by atoms with van der Waals surface area (Å²) in [6.45, 7) is 12.8. The van der Waals surface area contributed by atoms with Gasteiger partial charge in [0.1, 0.15) is 4.99 Å². The van der Waals surface area contributed by atoms with Crippen molar-refractivity contribution < 1.29 is 0 Å². The summed E-state index contributed by atoms with van der Waals surface area (Å²) in [5.74, 6) is 0. The molecule has 0 aliphatic heterocycles. The Kier molecular flexibility index (Phi) is 5.61. The molecular weight excluding hydrogens is 310 g/mol. The van der Waals surface area contributed by atoms with E-state index in [0.29, 0.717) is 0 Å². The predicted molar refractivity (Wildman–Crippen MR) is 111 cm³/mol.